The molecule has 2 N–H and O–H groups in total. The molecule has 0 heterocycles. The lowest BCUT2D eigenvalue weighted by Crippen LogP contribution is -2.01. The summed E-state index contributed by atoms with van der Waals surface area (Å²) in [7, 11) is 0. The summed E-state index contributed by atoms with van der Waals surface area (Å²) in [4.78, 5) is 0. The van der Waals surface area contributed by atoms with E-state index in [9.17, 15) is 0 Å². The molecular weight excluding hydrogens is 110 g/mol. The van der Waals surface area contributed by atoms with Crippen LogP contribution < -0.4 is 5.73 Å². The Labute approximate surface area is 58.6 Å². The van der Waals surface area contributed by atoms with Gasteiger partial charge in [0.05, 0.1) is 0 Å². The largest absolute Gasteiger partial charge is 0.330 e. The van der Waals surface area contributed by atoms with Crippen LogP contribution in [0, 0.1) is 11.8 Å². The third-order valence-corrected chi connectivity index (χ3v) is 1.90. The van der Waals surface area contributed by atoms with E-state index < -0.39 is 0 Å². The number of hydrogen-bond acceptors (Lipinski definition) is 1. The maximum absolute atomic E-state index is 5.40. The molecule has 0 saturated heterocycles. The molecule has 1 saturated carbocycles. The van der Waals surface area contributed by atoms with Crippen molar-refractivity contribution in [3.8, 4) is 0 Å². The lowest BCUT2D eigenvalue weighted by Gasteiger charge is -1.85. The summed E-state index contributed by atoms with van der Waals surface area (Å²) >= 11 is 0. The van der Waals surface area contributed by atoms with Crippen molar-refractivity contribution in [2.45, 2.75) is 33.6 Å². The van der Waals surface area contributed by atoms with Crippen LogP contribution >= 0.6 is 0 Å². The van der Waals surface area contributed by atoms with Crippen LogP contribution in [-0.2, 0) is 0 Å². The molecule has 1 rings (SSSR count). The average molecular weight is 129 g/mol. The zero-order valence-corrected chi connectivity index (χ0v) is 6.85. The first kappa shape index (κ1) is 8.96. The third-order valence-electron chi connectivity index (χ3n) is 1.90. The fourth-order valence-corrected chi connectivity index (χ4v) is 1.10. The van der Waals surface area contributed by atoms with Gasteiger partial charge < -0.3 is 5.73 Å². The predicted octanol–water partition coefficient (Wildman–Crippen LogP) is 2.02. The van der Waals surface area contributed by atoms with E-state index in [4.69, 9.17) is 5.73 Å². The minimum Gasteiger partial charge on any atom is -0.330 e. The molecule has 0 amide bonds. The van der Waals surface area contributed by atoms with Gasteiger partial charge in [-0.2, -0.15) is 0 Å². The highest BCUT2D eigenvalue weighted by molar-refractivity contribution is 4.85. The number of rotatable bonds is 2. The van der Waals surface area contributed by atoms with Crippen LogP contribution in [-0.4, -0.2) is 6.54 Å². The van der Waals surface area contributed by atoms with Crippen LogP contribution in [0.25, 0.3) is 0 Å². The average Bonchev–Trinajstić information content (AvgIpc) is 2.70. The molecule has 1 aliphatic rings. The second-order valence-corrected chi connectivity index (χ2v) is 2.40. The monoisotopic (exact) mass is 129 g/mol. The molecule has 1 aliphatic carbocycles. The van der Waals surface area contributed by atoms with Gasteiger partial charge in [-0.25, -0.2) is 0 Å². The van der Waals surface area contributed by atoms with Crippen LogP contribution in [0.4, 0.5) is 0 Å². The highest BCUT2D eigenvalue weighted by Crippen LogP contribution is 2.39. The van der Waals surface area contributed by atoms with Crippen molar-refractivity contribution >= 4 is 0 Å². The van der Waals surface area contributed by atoms with Crippen LogP contribution in [0.15, 0.2) is 0 Å². The van der Waals surface area contributed by atoms with Crippen molar-refractivity contribution in [2.24, 2.45) is 17.6 Å². The molecular formula is C8H19N. The van der Waals surface area contributed by atoms with E-state index in [1.54, 1.807) is 0 Å². The summed E-state index contributed by atoms with van der Waals surface area (Å²) in [5, 5.41) is 0. The van der Waals surface area contributed by atoms with E-state index in [0.29, 0.717) is 0 Å². The zero-order valence-electron chi connectivity index (χ0n) is 6.85. The topological polar surface area (TPSA) is 26.0 Å². The molecule has 0 aromatic rings. The van der Waals surface area contributed by atoms with Crippen molar-refractivity contribution < 1.29 is 0 Å². The van der Waals surface area contributed by atoms with Crippen LogP contribution in [0.1, 0.15) is 33.6 Å². The van der Waals surface area contributed by atoms with Crippen molar-refractivity contribution in [2.75, 3.05) is 6.54 Å². The summed E-state index contributed by atoms with van der Waals surface area (Å²) in [5.41, 5.74) is 5.40. The molecule has 1 nitrogen and oxygen atoms in total. The van der Waals surface area contributed by atoms with Gasteiger partial charge in [0.2, 0.25) is 0 Å². The van der Waals surface area contributed by atoms with Crippen molar-refractivity contribution in [1.82, 2.24) is 0 Å². The molecule has 0 radical (unpaired) electrons. The number of hydrogen-bond donors (Lipinski definition) is 1. The van der Waals surface area contributed by atoms with Gasteiger partial charge in [0.1, 0.15) is 0 Å². The first-order valence-electron chi connectivity index (χ1n) is 4.08. The lowest BCUT2D eigenvalue weighted by molar-refractivity contribution is 0.687. The molecule has 1 heteroatoms. The Morgan fingerprint density at radius 1 is 1.33 bits per heavy atom. The maximum atomic E-state index is 5.40. The summed E-state index contributed by atoms with van der Waals surface area (Å²) in [6.07, 6.45) is 2.73. The first-order chi connectivity index (χ1) is 4.38. The predicted molar refractivity (Wildman–Crippen MR) is 42.3 cm³/mol. The van der Waals surface area contributed by atoms with E-state index in [1.165, 1.54) is 12.8 Å². The Morgan fingerprint density at radius 2 is 1.89 bits per heavy atom. The van der Waals surface area contributed by atoms with E-state index in [2.05, 4.69) is 6.92 Å². The molecule has 2 atom stereocenters. The molecule has 2 unspecified atom stereocenters. The van der Waals surface area contributed by atoms with Crippen molar-refractivity contribution in [3.05, 3.63) is 0 Å². The Kier molecular flexibility index (Phi) is 4.78. The van der Waals surface area contributed by atoms with Gasteiger partial charge in [-0.3, -0.25) is 0 Å². The summed E-state index contributed by atoms with van der Waals surface area (Å²) in [6.45, 7) is 7.15. The Bertz CT molecular complexity index is 53.6. The maximum Gasteiger partial charge on any atom is -0.00461 e. The standard InChI is InChI=1S/C6H13N.C2H6/c1-2-5-3-6(5)4-7;1-2/h5-6H,2-4,7H2,1H3;1-2H3. The highest BCUT2D eigenvalue weighted by atomic mass is 14.6. The molecule has 56 valence electrons. The normalized spacial score (nSPS) is 30.7. The van der Waals surface area contributed by atoms with Crippen molar-refractivity contribution in [1.29, 1.82) is 0 Å². The second-order valence-electron chi connectivity index (χ2n) is 2.40. The third kappa shape index (κ3) is 2.85. The molecule has 9 heavy (non-hydrogen) atoms. The van der Waals surface area contributed by atoms with E-state index >= 15 is 0 Å². The first-order valence-corrected chi connectivity index (χ1v) is 4.08. The highest BCUT2D eigenvalue weighted by Gasteiger charge is 2.33. The lowest BCUT2D eigenvalue weighted by atomic mass is 10.3. The van der Waals surface area contributed by atoms with Crippen LogP contribution in [0.2, 0.25) is 0 Å². The van der Waals surface area contributed by atoms with Gasteiger partial charge in [0.15, 0.2) is 0 Å². The fraction of sp³-hybridized carbons (Fsp3) is 1.00. The van der Waals surface area contributed by atoms with Gasteiger partial charge >= 0.3 is 0 Å². The van der Waals surface area contributed by atoms with Crippen molar-refractivity contribution in [3.63, 3.8) is 0 Å². The van der Waals surface area contributed by atoms with Gasteiger partial charge in [0.25, 0.3) is 0 Å². The zero-order chi connectivity index (χ0) is 7.28. The Balaban J connectivity index is 0.000000291. The molecule has 0 spiro atoms. The minimum atomic E-state index is 0.894. The van der Waals surface area contributed by atoms with Gasteiger partial charge in [-0.05, 0) is 24.8 Å². The Morgan fingerprint density at radius 3 is 2.00 bits per heavy atom. The smallest absolute Gasteiger partial charge is 0.00461 e. The minimum absolute atomic E-state index is 0.894. The van der Waals surface area contributed by atoms with Gasteiger partial charge in [-0.15, -0.1) is 0 Å². The molecule has 0 aliphatic heterocycles. The SMILES string of the molecule is CC.CCC1CC1CN. The molecule has 0 aromatic carbocycles. The van der Waals surface area contributed by atoms with Gasteiger partial charge in [-0.1, -0.05) is 27.2 Å². The second kappa shape index (κ2) is 4.80. The summed E-state index contributed by atoms with van der Waals surface area (Å²) in [5.74, 6) is 1.88. The fourth-order valence-electron chi connectivity index (χ4n) is 1.10. The van der Waals surface area contributed by atoms with Gasteiger partial charge in [0, 0.05) is 0 Å². The molecule has 1 fully saturated rings. The van der Waals surface area contributed by atoms with Crippen LogP contribution in [0.3, 0.4) is 0 Å². The van der Waals surface area contributed by atoms with E-state index in [1.807, 2.05) is 13.8 Å². The number of nitrogens with two attached hydrogens (primary N) is 1. The quantitative estimate of drug-likeness (QED) is 0.606. The van der Waals surface area contributed by atoms with E-state index in [-0.39, 0.29) is 0 Å². The Hall–Kier alpha value is -0.0400. The van der Waals surface area contributed by atoms with E-state index in [0.717, 1.165) is 18.4 Å². The van der Waals surface area contributed by atoms with Crippen LogP contribution in [0.5, 0.6) is 0 Å². The summed E-state index contributed by atoms with van der Waals surface area (Å²) < 4.78 is 0. The summed E-state index contributed by atoms with van der Waals surface area (Å²) in [6, 6.07) is 0. The molecule has 0 bridgehead atoms. The molecule has 0 aromatic heterocycles.